The monoisotopic (exact) mass is 895 g/mol. The lowest BCUT2D eigenvalue weighted by atomic mass is 9.67. The normalized spacial score (nSPS) is 14.6. The van der Waals surface area contributed by atoms with Crippen LogP contribution in [-0.2, 0) is 5.41 Å². The molecule has 1 aliphatic heterocycles. The van der Waals surface area contributed by atoms with Crippen LogP contribution in [0.5, 0.6) is 0 Å². The molecule has 0 radical (unpaired) electrons. The third kappa shape index (κ3) is 4.95. The molecule has 2 aliphatic rings. The largest absolute Gasteiger partial charge is 0.309 e. The van der Waals surface area contributed by atoms with E-state index in [1.807, 2.05) is 36.7 Å². The van der Waals surface area contributed by atoms with E-state index >= 15 is 0 Å². The van der Waals surface area contributed by atoms with Gasteiger partial charge in [-0.05, 0) is 107 Å². The minimum Gasteiger partial charge on any atom is -0.309 e. The highest BCUT2D eigenvalue weighted by molar-refractivity contribution is 7.99. The van der Waals surface area contributed by atoms with Gasteiger partial charge >= 0.3 is 0 Å². The van der Waals surface area contributed by atoms with Gasteiger partial charge in [-0.2, -0.15) is 0 Å². The van der Waals surface area contributed by atoms with Gasteiger partial charge < -0.3 is 13.7 Å². The molecule has 0 bridgehead atoms. The molecule has 15 rings (SSSR count). The van der Waals surface area contributed by atoms with Crippen LogP contribution in [0.4, 0.5) is 11.4 Å². The molecule has 0 N–H and O–H groups in total. The van der Waals surface area contributed by atoms with Crippen LogP contribution in [0.3, 0.4) is 0 Å². The summed E-state index contributed by atoms with van der Waals surface area (Å²) < 4.78 is 7.11. The summed E-state index contributed by atoms with van der Waals surface area (Å²) in [5.41, 5.74) is 16.1. The number of fused-ring (bicyclic) bond motifs is 18. The SMILES string of the molecule is [C-]#[N+]c1ccc2c(c1)c1ccccc1n2-c1ccc2c(c1)Sc1cccc(-n3c4ccccc4c4cc([N+]#[C-])ccc43)c1C21c2cccnc2-c2ncc(-n3c4ccccc4c4ccccc43)cc21. The Kier molecular flexibility index (Phi) is 7.65. The molecule has 8 aromatic carbocycles. The van der Waals surface area contributed by atoms with Crippen molar-refractivity contribution in [1.29, 1.82) is 0 Å². The lowest BCUT2D eigenvalue weighted by Crippen LogP contribution is -2.33. The molecule has 7 nitrogen and oxygen atoms in total. The van der Waals surface area contributed by atoms with Crippen LogP contribution < -0.4 is 0 Å². The Morgan fingerprint density at radius 2 is 0.957 bits per heavy atom. The Morgan fingerprint density at radius 1 is 0.406 bits per heavy atom. The van der Waals surface area contributed by atoms with Gasteiger partial charge in [0.2, 0.25) is 0 Å². The number of benzene rings is 8. The van der Waals surface area contributed by atoms with E-state index in [1.165, 1.54) is 10.8 Å². The van der Waals surface area contributed by atoms with E-state index in [0.29, 0.717) is 11.4 Å². The molecule has 69 heavy (non-hydrogen) atoms. The molecule has 1 atom stereocenters. The summed E-state index contributed by atoms with van der Waals surface area (Å²) in [6, 6.07) is 66.8. The van der Waals surface area contributed by atoms with Crippen molar-refractivity contribution in [2.24, 2.45) is 0 Å². The van der Waals surface area contributed by atoms with Gasteiger partial charge in [0.1, 0.15) is 0 Å². The van der Waals surface area contributed by atoms with Crippen LogP contribution in [-0.4, -0.2) is 23.7 Å². The first-order chi connectivity index (χ1) is 34.1. The maximum absolute atomic E-state index is 7.94. The smallest absolute Gasteiger partial charge is 0.188 e. The average molecular weight is 896 g/mol. The topological polar surface area (TPSA) is 49.3 Å². The third-order valence-electron chi connectivity index (χ3n) is 14.6. The highest BCUT2D eigenvalue weighted by Crippen LogP contribution is 2.63. The highest BCUT2D eigenvalue weighted by Gasteiger charge is 2.53. The molecule has 1 aliphatic carbocycles. The van der Waals surface area contributed by atoms with Crippen LogP contribution in [0.2, 0.25) is 0 Å². The maximum Gasteiger partial charge on any atom is 0.188 e. The van der Waals surface area contributed by atoms with E-state index in [2.05, 4.69) is 187 Å². The lowest BCUT2D eigenvalue weighted by Gasteiger charge is -2.41. The van der Waals surface area contributed by atoms with Crippen molar-refractivity contribution < 1.29 is 0 Å². The summed E-state index contributed by atoms with van der Waals surface area (Å²) in [7, 11) is 0. The van der Waals surface area contributed by atoms with E-state index in [9.17, 15) is 0 Å². The summed E-state index contributed by atoms with van der Waals surface area (Å²) in [4.78, 5) is 20.6. The summed E-state index contributed by atoms with van der Waals surface area (Å²) in [5.74, 6) is 0. The molecule has 0 fully saturated rings. The average Bonchev–Trinajstić information content (AvgIpc) is 4.12. The Balaban J connectivity index is 1.08. The Hall–Kier alpha value is -9.21. The number of hydrogen-bond donors (Lipinski definition) is 0. The van der Waals surface area contributed by atoms with Gasteiger partial charge in [-0.1, -0.05) is 115 Å². The first kappa shape index (κ1) is 38.0. The number of para-hydroxylation sites is 4. The fourth-order valence-corrected chi connectivity index (χ4v) is 13.2. The molecule has 5 aromatic heterocycles. The molecular formula is C61H33N7S. The van der Waals surface area contributed by atoms with Crippen molar-refractivity contribution in [2.75, 3.05) is 0 Å². The Bertz CT molecular complexity index is 4470. The highest BCUT2D eigenvalue weighted by atomic mass is 32.2. The predicted molar refractivity (Wildman–Crippen MR) is 279 cm³/mol. The second-order valence-corrected chi connectivity index (χ2v) is 19.0. The van der Waals surface area contributed by atoms with Gasteiger partial charge in [-0.3, -0.25) is 9.97 Å². The molecule has 1 unspecified atom stereocenters. The van der Waals surface area contributed by atoms with Gasteiger partial charge in [-0.15, -0.1) is 0 Å². The second kappa shape index (κ2) is 13.9. The summed E-state index contributed by atoms with van der Waals surface area (Å²) in [6.07, 6.45) is 3.91. The zero-order valence-corrected chi connectivity index (χ0v) is 37.4. The van der Waals surface area contributed by atoms with Gasteiger partial charge in [0, 0.05) is 54.3 Å². The molecule has 8 heteroatoms. The van der Waals surface area contributed by atoms with Crippen molar-refractivity contribution >= 4 is 88.6 Å². The van der Waals surface area contributed by atoms with Crippen LogP contribution in [0.1, 0.15) is 22.3 Å². The molecule has 6 heterocycles. The predicted octanol–water partition coefficient (Wildman–Crippen LogP) is 15.7. The summed E-state index contributed by atoms with van der Waals surface area (Å²) >= 11 is 1.80. The van der Waals surface area contributed by atoms with Crippen molar-refractivity contribution in [3.05, 3.63) is 246 Å². The quantitative estimate of drug-likeness (QED) is 0.166. The number of pyridine rings is 2. The van der Waals surface area contributed by atoms with Crippen molar-refractivity contribution in [3.8, 4) is 28.5 Å². The number of aromatic nitrogens is 5. The van der Waals surface area contributed by atoms with Gasteiger partial charge in [0.15, 0.2) is 11.4 Å². The van der Waals surface area contributed by atoms with E-state index in [0.717, 1.165) is 115 Å². The molecule has 13 aromatic rings. The van der Waals surface area contributed by atoms with Gasteiger partial charge in [-0.25, -0.2) is 9.69 Å². The minimum absolute atomic E-state index is 0.612. The number of rotatable bonds is 3. The van der Waals surface area contributed by atoms with Crippen molar-refractivity contribution in [2.45, 2.75) is 15.2 Å². The van der Waals surface area contributed by atoms with Crippen LogP contribution in [0.25, 0.3) is 104 Å². The van der Waals surface area contributed by atoms with Gasteiger partial charge in [0.05, 0.1) is 80.6 Å². The molecular weight excluding hydrogens is 863 g/mol. The molecule has 1 spiro atoms. The first-order valence-electron chi connectivity index (χ1n) is 22.9. The molecule has 0 saturated heterocycles. The third-order valence-corrected chi connectivity index (χ3v) is 15.7. The van der Waals surface area contributed by atoms with Crippen molar-refractivity contribution in [3.63, 3.8) is 0 Å². The summed E-state index contributed by atoms with van der Waals surface area (Å²) in [5, 5.41) is 6.68. The zero-order valence-electron chi connectivity index (χ0n) is 36.6. The van der Waals surface area contributed by atoms with Gasteiger partial charge in [0.25, 0.3) is 0 Å². The van der Waals surface area contributed by atoms with Crippen molar-refractivity contribution in [1.82, 2.24) is 23.7 Å². The Morgan fingerprint density at radius 3 is 1.59 bits per heavy atom. The lowest BCUT2D eigenvalue weighted by molar-refractivity contribution is 0.711. The second-order valence-electron chi connectivity index (χ2n) is 17.9. The van der Waals surface area contributed by atoms with E-state index in [-0.39, 0.29) is 0 Å². The molecule has 318 valence electrons. The standard InChI is InChI=1S/C61H33N7S/c1-62-36-24-28-53-44(31-36)42-15-5-9-20-51(42)66(53)38-26-27-46-57(34-38)69-56-23-11-22-55(68-52-21-10-6-16-43(52)45-32-37(63-2)25-29-54(45)68)58(56)61(46)47-17-12-30-64-59(47)60-48(61)33-39(35-65-60)67-49-18-7-3-13-40(49)41-14-4-8-19-50(41)67/h3-35H. The van der Waals surface area contributed by atoms with E-state index < -0.39 is 5.41 Å². The Labute approximate surface area is 399 Å². The van der Waals surface area contributed by atoms with E-state index in [4.69, 9.17) is 23.1 Å². The van der Waals surface area contributed by atoms with Crippen LogP contribution >= 0.6 is 11.8 Å². The first-order valence-corrected chi connectivity index (χ1v) is 23.7. The molecule has 0 amide bonds. The fourth-order valence-electron chi connectivity index (χ4n) is 11.9. The summed E-state index contributed by atoms with van der Waals surface area (Å²) in [6.45, 7) is 15.8. The number of nitrogens with zero attached hydrogens (tertiary/aromatic N) is 7. The number of hydrogen-bond acceptors (Lipinski definition) is 3. The van der Waals surface area contributed by atoms with Crippen LogP contribution in [0.15, 0.2) is 210 Å². The minimum atomic E-state index is -0.884. The van der Waals surface area contributed by atoms with Crippen LogP contribution in [0, 0.1) is 13.1 Å². The van der Waals surface area contributed by atoms with E-state index in [1.54, 1.807) is 11.8 Å². The zero-order chi connectivity index (χ0) is 45.5. The molecule has 0 saturated carbocycles. The fraction of sp³-hybridized carbons (Fsp3) is 0.0164. The maximum atomic E-state index is 7.94.